The summed E-state index contributed by atoms with van der Waals surface area (Å²) in [4.78, 5) is 14.6. The molecule has 1 heterocycles. The molecule has 4 nitrogen and oxygen atoms in total. The summed E-state index contributed by atoms with van der Waals surface area (Å²) in [6.07, 6.45) is 4.64. The molecule has 0 spiro atoms. The molecule has 0 aromatic carbocycles. The number of nitrogens with two attached hydrogens (primary N) is 1. The number of carbonyl (C=O) groups excluding carboxylic acids is 1. The fourth-order valence-electron chi connectivity index (χ4n) is 1.09. The van der Waals surface area contributed by atoms with Crippen LogP contribution in [0, 0.1) is 0 Å². The molecule has 0 saturated heterocycles. The molecule has 2 N–H and O–H groups in total. The van der Waals surface area contributed by atoms with Crippen LogP contribution >= 0.6 is 0 Å². The summed E-state index contributed by atoms with van der Waals surface area (Å²) in [5.74, 6) is 0.650. The fourth-order valence-corrected chi connectivity index (χ4v) is 1.09. The van der Waals surface area contributed by atoms with Crippen molar-refractivity contribution >= 4 is 5.91 Å². The lowest BCUT2D eigenvalue weighted by Gasteiger charge is -2.01. The van der Waals surface area contributed by atoms with E-state index >= 15 is 0 Å². The highest BCUT2D eigenvalue weighted by Crippen LogP contribution is 2.00. The average Bonchev–Trinajstić information content (AvgIpc) is 2.47. The maximum absolute atomic E-state index is 10.5. The number of carbonyl (C=O) groups is 1. The third-order valence-electron chi connectivity index (χ3n) is 1.74. The summed E-state index contributed by atoms with van der Waals surface area (Å²) in [7, 11) is 0. The number of aryl methyl sites for hydroxylation is 2. The molecule has 1 rings (SSSR count). The highest BCUT2D eigenvalue weighted by atomic mass is 16.1. The van der Waals surface area contributed by atoms with Gasteiger partial charge in [-0.1, -0.05) is 0 Å². The SMILES string of the molecule is CCn1ccnc1CCC(N)=O. The molecule has 1 aromatic heterocycles. The van der Waals surface area contributed by atoms with E-state index in [0.717, 1.165) is 12.4 Å². The largest absolute Gasteiger partial charge is 0.370 e. The normalized spacial score (nSPS) is 10.1. The highest BCUT2D eigenvalue weighted by molar-refractivity contribution is 5.73. The summed E-state index contributed by atoms with van der Waals surface area (Å²) >= 11 is 0. The first-order valence-electron chi connectivity index (χ1n) is 4.02. The molecule has 4 heteroatoms. The predicted octanol–water partition coefficient (Wildman–Crippen LogP) is 0.321. The quantitative estimate of drug-likeness (QED) is 0.702. The van der Waals surface area contributed by atoms with E-state index in [1.54, 1.807) is 6.20 Å². The van der Waals surface area contributed by atoms with Crippen LogP contribution in [-0.2, 0) is 17.8 Å². The van der Waals surface area contributed by atoms with Gasteiger partial charge in [-0.25, -0.2) is 4.98 Å². The monoisotopic (exact) mass is 167 g/mol. The zero-order valence-corrected chi connectivity index (χ0v) is 7.16. The van der Waals surface area contributed by atoms with Gasteiger partial charge in [0.1, 0.15) is 5.82 Å². The zero-order valence-electron chi connectivity index (χ0n) is 7.16. The zero-order chi connectivity index (χ0) is 8.97. The topological polar surface area (TPSA) is 60.9 Å². The third kappa shape index (κ3) is 2.08. The van der Waals surface area contributed by atoms with Crippen LogP contribution in [0.25, 0.3) is 0 Å². The van der Waals surface area contributed by atoms with Gasteiger partial charge in [0.15, 0.2) is 0 Å². The average molecular weight is 167 g/mol. The molecule has 0 aliphatic heterocycles. The number of aromatic nitrogens is 2. The number of hydrogen-bond donors (Lipinski definition) is 1. The summed E-state index contributed by atoms with van der Waals surface area (Å²) in [5.41, 5.74) is 5.02. The second-order valence-corrected chi connectivity index (χ2v) is 2.60. The van der Waals surface area contributed by atoms with Crippen LogP contribution in [0.4, 0.5) is 0 Å². The Morgan fingerprint density at radius 3 is 3.08 bits per heavy atom. The Morgan fingerprint density at radius 1 is 1.75 bits per heavy atom. The van der Waals surface area contributed by atoms with Crippen LogP contribution in [-0.4, -0.2) is 15.5 Å². The fraction of sp³-hybridized carbons (Fsp3) is 0.500. The number of nitrogens with zero attached hydrogens (tertiary/aromatic N) is 2. The van der Waals surface area contributed by atoms with E-state index in [2.05, 4.69) is 4.98 Å². The molecule has 66 valence electrons. The van der Waals surface area contributed by atoms with Gasteiger partial charge in [0.25, 0.3) is 0 Å². The second-order valence-electron chi connectivity index (χ2n) is 2.60. The van der Waals surface area contributed by atoms with Crippen molar-refractivity contribution in [3.05, 3.63) is 18.2 Å². The van der Waals surface area contributed by atoms with Crippen molar-refractivity contribution in [1.82, 2.24) is 9.55 Å². The van der Waals surface area contributed by atoms with Crippen LogP contribution in [0.3, 0.4) is 0 Å². The molecular weight excluding hydrogens is 154 g/mol. The van der Waals surface area contributed by atoms with E-state index in [-0.39, 0.29) is 5.91 Å². The molecule has 0 aliphatic carbocycles. The lowest BCUT2D eigenvalue weighted by Crippen LogP contribution is -2.13. The van der Waals surface area contributed by atoms with Crippen LogP contribution in [0.15, 0.2) is 12.4 Å². The van der Waals surface area contributed by atoms with Crippen molar-refractivity contribution in [2.45, 2.75) is 26.3 Å². The summed E-state index contributed by atoms with van der Waals surface area (Å²) in [6.45, 7) is 2.92. The van der Waals surface area contributed by atoms with Crippen LogP contribution < -0.4 is 5.73 Å². The first-order valence-corrected chi connectivity index (χ1v) is 4.02. The predicted molar refractivity (Wildman–Crippen MR) is 45.4 cm³/mol. The van der Waals surface area contributed by atoms with E-state index in [0.29, 0.717) is 12.8 Å². The Hall–Kier alpha value is -1.32. The molecule has 0 unspecified atom stereocenters. The first kappa shape index (κ1) is 8.77. The van der Waals surface area contributed by atoms with Gasteiger partial charge in [0.05, 0.1) is 0 Å². The lowest BCUT2D eigenvalue weighted by atomic mass is 10.3. The van der Waals surface area contributed by atoms with Gasteiger partial charge in [-0.15, -0.1) is 0 Å². The van der Waals surface area contributed by atoms with E-state index in [9.17, 15) is 4.79 Å². The standard InChI is InChI=1S/C8H13N3O/c1-2-11-6-5-10-8(11)4-3-7(9)12/h5-6H,2-4H2,1H3,(H2,9,12). The van der Waals surface area contributed by atoms with Crippen LogP contribution in [0.2, 0.25) is 0 Å². The summed E-state index contributed by atoms with van der Waals surface area (Å²) in [5, 5.41) is 0. The van der Waals surface area contributed by atoms with Crippen molar-refractivity contribution in [2.24, 2.45) is 5.73 Å². The minimum absolute atomic E-state index is 0.277. The molecule has 0 fully saturated rings. The second kappa shape index (κ2) is 3.90. The Balaban J connectivity index is 2.56. The van der Waals surface area contributed by atoms with Gasteiger partial charge in [0.2, 0.25) is 5.91 Å². The van der Waals surface area contributed by atoms with Gasteiger partial charge >= 0.3 is 0 Å². The van der Waals surface area contributed by atoms with Crippen molar-refractivity contribution in [3.63, 3.8) is 0 Å². The molecule has 0 saturated carbocycles. The molecular formula is C8H13N3O. The molecule has 0 aliphatic rings. The van der Waals surface area contributed by atoms with E-state index in [1.807, 2.05) is 17.7 Å². The Bertz CT molecular complexity index is 267. The van der Waals surface area contributed by atoms with Gasteiger partial charge < -0.3 is 10.3 Å². The van der Waals surface area contributed by atoms with Gasteiger partial charge in [-0.05, 0) is 6.92 Å². The molecule has 0 radical (unpaired) electrons. The van der Waals surface area contributed by atoms with E-state index < -0.39 is 0 Å². The Morgan fingerprint density at radius 2 is 2.50 bits per heavy atom. The summed E-state index contributed by atoms with van der Waals surface area (Å²) < 4.78 is 2.00. The minimum Gasteiger partial charge on any atom is -0.370 e. The first-order chi connectivity index (χ1) is 5.74. The third-order valence-corrected chi connectivity index (χ3v) is 1.74. The smallest absolute Gasteiger partial charge is 0.217 e. The Labute approximate surface area is 71.4 Å². The molecule has 1 aromatic rings. The van der Waals surface area contributed by atoms with E-state index in [1.165, 1.54) is 0 Å². The number of imidazole rings is 1. The van der Waals surface area contributed by atoms with Gasteiger partial charge in [0, 0.05) is 31.8 Å². The molecule has 0 atom stereocenters. The lowest BCUT2D eigenvalue weighted by molar-refractivity contribution is -0.118. The van der Waals surface area contributed by atoms with Gasteiger partial charge in [-0.2, -0.15) is 0 Å². The van der Waals surface area contributed by atoms with Crippen molar-refractivity contribution in [3.8, 4) is 0 Å². The van der Waals surface area contributed by atoms with Crippen LogP contribution in [0.5, 0.6) is 0 Å². The number of amides is 1. The maximum Gasteiger partial charge on any atom is 0.217 e. The number of hydrogen-bond acceptors (Lipinski definition) is 2. The van der Waals surface area contributed by atoms with Crippen molar-refractivity contribution < 1.29 is 4.79 Å². The molecule has 1 amide bonds. The molecule has 12 heavy (non-hydrogen) atoms. The number of rotatable bonds is 4. The maximum atomic E-state index is 10.5. The Kier molecular flexibility index (Phi) is 2.85. The van der Waals surface area contributed by atoms with Gasteiger partial charge in [-0.3, -0.25) is 4.79 Å². The van der Waals surface area contributed by atoms with Crippen LogP contribution in [0.1, 0.15) is 19.2 Å². The van der Waals surface area contributed by atoms with Crippen molar-refractivity contribution in [2.75, 3.05) is 0 Å². The number of primary amides is 1. The summed E-state index contributed by atoms with van der Waals surface area (Å²) in [6, 6.07) is 0. The highest BCUT2D eigenvalue weighted by Gasteiger charge is 2.02. The van der Waals surface area contributed by atoms with Crippen molar-refractivity contribution in [1.29, 1.82) is 0 Å². The van der Waals surface area contributed by atoms with E-state index in [4.69, 9.17) is 5.73 Å². The molecule has 0 bridgehead atoms. The minimum atomic E-state index is -0.277.